The van der Waals surface area contributed by atoms with Crippen LogP contribution < -0.4 is 0 Å². The van der Waals surface area contributed by atoms with E-state index in [9.17, 15) is 4.79 Å². The summed E-state index contributed by atoms with van der Waals surface area (Å²) in [7, 11) is 1.64. The number of nitrogens with zero attached hydrogens (tertiary/aromatic N) is 3. The van der Waals surface area contributed by atoms with Crippen molar-refractivity contribution in [3.8, 4) is 0 Å². The van der Waals surface area contributed by atoms with E-state index in [4.69, 9.17) is 74.2 Å². The number of nitrogens with one attached hydrogen (secondary N) is 1. The van der Waals surface area contributed by atoms with Crippen molar-refractivity contribution >= 4 is 46.7 Å². The van der Waals surface area contributed by atoms with E-state index in [1.54, 1.807) is 14.0 Å². The van der Waals surface area contributed by atoms with E-state index in [0.717, 1.165) is 0 Å². The van der Waals surface area contributed by atoms with Gasteiger partial charge in [0.2, 0.25) is 12.2 Å². The second-order valence-corrected chi connectivity index (χ2v) is 10.9. The second-order valence-electron chi connectivity index (χ2n) is 8.57. The van der Waals surface area contributed by atoms with Crippen LogP contribution in [0.15, 0.2) is 5.11 Å². The molecule has 0 aromatic rings. The van der Waals surface area contributed by atoms with E-state index in [0.29, 0.717) is 0 Å². The highest BCUT2D eigenvalue weighted by atomic mass is 35.6. The molecule has 0 aromatic heterocycles. The number of esters is 1. The third kappa shape index (κ3) is 7.01. The Morgan fingerprint density at radius 3 is 2.26 bits per heavy atom. The van der Waals surface area contributed by atoms with E-state index >= 15 is 0 Å². The van der Waals surface area contributed by atoms with Crippen LogP contribution in [0.5, 0.6) is 0 Å². The molecule has 0 amide bonds. The molecule has 0 spiro atoms. The number of halogens is 3. The van der Waals surface area contributed by atoms with Crippen LogP contribution in [0.3, 0.4) is 0 Å². The number of carbonyl (C=O) groups is 1. The summed E-state index contributed by atoms with van der Waals surface area (Å²) in [6.07, 6.45) is -3.81. The summed E-state index contributed by atoms with van der Waals surface area (Å²) < 4.78 is 32.5. The molecular weight excluding hydrogens is 515 g/mol. The van der Waals surface area contributed by atoms with Gasteiger partial charge in [0.15, 0.2) is 6.29 Å². The standard InChI is InChI=1S/C20H31Cl3N4O7/c1-8-11(4)31-17(10(3)15(8)29-6)33-16-9(2)14(26-27-25)18(34-19(24)20(21,22)23)32-13(16)7-30-12(5)28/h8-11,13-18,24H,7H2,1-6H3/t8-,9-,10?,11?,13?,14?,15-,16+,17+,18-/m1/s1. The highest BCUT2D eigenvalue weighted by Crippen LogP contribution is 2.38. The van der Waals surface area contributed by atoms with Gasteiger partial charge in [0.1, 0.15) is 18.8 Å². The molecule has 0 aliphatic carbocycles. The van der Waals surface area contributed by atoms with Gasteiger partial charge in [-0.3, -0.25) is 10.2 Å². The van der Waals surface area contributed by atoms with Gasteiger partial charge in [-0.1, -0.05) is 60.7 Å². The lowest BCUT2D eigenvalue weighted by Gasteiger charge is -2.48. The number of ether oxygens (including phenoxy) is 6. The maximum absolute atomic E-state index is 11.5. The molecule has 2 rings (SSSR count). The number of azide groups is 1. The monoisotopic (exact) mass is 544 g/mol. The first-order valence-electron chi connectivity index (χ1n) is 10.8. The Bertz CT molecular complexity index is 780. The zero-order chi connectivity index (χ0) is 25.8. The molecule has 2 aliphatic heterocycles. The van der Waals surface area contributed by atoms with Crippen molar-refractivity contribution in [1.82, 2.24) is 0 Å². The zero-order valence-electron chi connectivity index (χ0n) is 19.8. The van der Waals surface area contributed by atoms with Crippen LogP contribution in [-0.2, 0) is 33.2 Å². The predicted octanol–water partition coefficient (Wildman–Crippen LogP) is 4.37. The molecule has 2 aliphatic rings. The molecule has 4 unspecified atom stereocenters. The first-order valence-corrected chi connectivity index (χ1v) is 11.9. The molecule has 194 valence electrons. The van der Waals surface area contributed by atoms with Crippen molar-refractivity contribution in [1.29, 1.82) is 5.41 Å². The van der Waals surface area contributed by atoms with Gasteiger partial charge < -0.3 is 28.4 Å². The maximum atomic E-state index is 11.5. The molecule has 2 saturated heterocycles. The molecule has 0 bridgehead atoms. The minimum atomic E-state index is -2.15. The van der Waals surface area contributed by atoms with Crippen LogP contribution in [0.4, 0.5) is 0 Å². The number of hydrogen-bond acceptors (Lipinski definition) is 9. The normalized spacial score (nSPS) is 38.5. The average Bonchev–Trinajstić information content (AvgIpc) is 2.74. The summed E-state index contributed by atoms with van der Waals surface area (Å²) in [6, 6.07) is -0.954. The van der Waals surface area contributed by atoms with Crippen molar-refractivity contribution in [3.63, 3.8) is 0 Å². The van der Waals surface area contributed by atoms with Gasteiger partial charge >= 0.3 is 5.97 Å². The van der Waals surface area contributed by atoms with Crippen LogP contribution >= 0.6 is 34.8 Å². The van der Waals surface area contributed by atoms with Crippen molar-refractivity contribution in [2.75, 3.05) is 13.7 Å². The SMILES string of the molecule is CO[C@H]1C(C)[C@H](O[C@@H]2C(COC(C)=O)O[C@H](OC(=N)C(Cl)(Cl)Cl)C(N=[N+]=[N-])[C@H]2C)OC(C)[C@H]1C. The highest BCUT2D eigenvalue weighted by molar-refractivity contribution is 6.76. The molecule has 0 radical (unpaired) electrons. The molecule has 2 heterocycles. The summed E-state index contributed by atoms with van der Waals surface area (Å²) >= 11 is 17.2. The van der Waals surface area contributed by atoms with Gasteiger partial charge in [-0.2, -0.15) is 0 Å². The smallest absolute Gasteiger partial charge is 0.302 e. The lowest BCUT2D eigenvalue weighted by atomic mass is 9.85. The number of methoxy groups -OCH3 is 1. The number of rotatable bonds is 7. The van der Waals surface area contributed by atoms with Crippen LogP contribution in [0.25, 0.3) is 10.4 Å². The van der Waals surface area contributed by atoms with E-state index in [1.165, 1.54) is 6.92 Å². The fourth-order valence-electron chi connectivity index (χ4n) is 4.26. The quantitative estimate of drug-likeness (QED) is 0.0950. The van der Waals surface area contributed by atoms with Crippen LogP contribution in [0.1, 0.15) is 34.6 Å². The minimum Gasteiger partial charge on any atom is -0.463 e. The summed E-state index contributed by atoms with van der Waals surface area (Å²) in [6.45, 7) is 8.77. The number of alkyl halides is 3. The second kappa shape index (κ2) is 12.3. The molecule has 10 atom stereocenters. The summed E-state index contributed by atoms with van der Waals surface area (Å²) in [5.74, 6) is -1.76. The van der Waals surface area contributed by atoms with Crippen LogP contribution in [-0.4, -0.2) is 72.4 Å². The summed E-state index contributed by atoms with van der Waals surface area (Å²) in [5, 5.41) is 11.7. The Kier molecular flexibility index (Phi) is 10.5. The van der Waals surface area contributed by atoms with Crippen molar-refractivity contribution in [2.24, 2.45) is 22.9 Å². The average molecular weight is 546 g/mol. The van der Waals surface area contributed by atoms with Crippen LogP contribution in [0, 0.1) is 23.2 Å². The maximum Gasteiger partial charge on any atom is 0.302 e. The van der Waals surface area contributed by atoms with Crippen LogP contribution in [0.2, 0.25) is 0 Å². The Morgan fingerprint density at radius 2 is 1.74 bits per heavy atom. The molecular formula is C20H31Cl3N4O7. The first kappa shape index (κ1) is 29.2. The molecule has 0 aromatic carbocycles. The largest absolute Gasteiger partial charge is 0.463 e. The lowest BCUT2D eigenvalue weighted by molar-refractivity contribution is -0.317. The topological polar surface area (TPSA) is 145 Å². The molecule has 2 fully saturated rings. The molecule has 1 N–H and O–H groups in total. The third-order valence-corrected chi connectivity index (χ3v) is 6.77. The summed E-state index contributed by atoms with van der Waals surface area (Å²) in [4.78, 5) is 14.4. The Labute approximate surface area is 213 Å². The summed E-state index contributed by atoms with van der Waals surface area (Å²) in [5.41, 5.74) is 9.13. The van der Waals surface area contributed by atoms with Gasteiger partial charge in [-0.05, 0) is 18.4 Å². The Balaban J connectivity index is 2.33. The fourth-order valence-corrected chi connectivity index (χ4v) is 4.39. The van der Waals surface area contributed by atoms with Gasteiger partial charge in [-0.25, -0.2) is 0 Å². The number of carbonyl (C=O) groups excluding carboxylic acids is 1. The van der Waals surface area contributed by atoms with Gasteiger partial charge in [0.25, 0.3) is 3.79 Å². The Morgan fingerprint density at radius 1 is 1.09 bits per heavy atom. The minimum absolute atomic E-state index is 0.116. The zero-order valence-corrected chi connectivity index (χ0v) is 22.1. The lowest BCUT2D eigenvalue weighted by Crippen LogP contribution is -2.59. The third-order valence-electron chi connectivity index (χ3n) is 6.26. The van der Waals surface area contributed by atoms with Crippen molar-refractivity contribution < 1.29 is 33.2 Å². The van der Waals surface area contributed by atoms with E-state index in [-0.39, 0.29) is 30.7 Å². The van der Waals surface area contributed by atoms with E-state index < -0.39 is 52.4 Å². The van der Waals surface area contributed by atoms with Gasteiger partial charge in [0.05, 0.1) is 18.3 Å². The first-order chi connectivity index (χ1) is 15.8. The molecule has 0 saturated carbocycles. The van der Waals surface area contributed by atoms with Gasteiger partial charge in [-0.15, -0.1) is 0 Å². The molecule has 34 heavy (non-hydrogen) atoms. The van der Waals surface area contributed by atoms with Crippen molar-refractivity contribution in [3.05, 3.63) is 10.4 Å². The predicted molar refractivity (Wildman–Crippen MR) is 125 cm³/mol. The fraction of sp³-hybridized carbons (Fsp3) is 0.900. The highest BCUT2D eigenvalue weighted by Gasteiger charge is 2.50. The molecule has 14 heteroatoms. The van der Waals surface area contributed by atoms with Crippen molar-refractivity contribution in [2.45, 2.75) is 81.4 Å². The van der Waals surface area contributed by atoms with E-state index in [1.807, 2.05) is 20.8 Å². The number of hydrogen-bond donors (Lipinski definition) is 1. The van der Waals surface area contributed by atoms with Gasteiger partial charge in [0, 0.05) is 30.8 Å². The molecule has 11 nitrogen and oxygen atoms in total. The Hall–Kier alpha value is -1.04. The van der Waals surface area contributed by atoms with E-state index in [2.05, 4.69) is 10.0 Å².